The van der Waals surface area contributed by atoms with E-state index in [4.69, 9.17) is 21.3 Å². The molecule has 4 aromatic carbocycles. The lowest BCUT2D eigenvalue weighted by Gasteiger charge is -2.40. The molecule has 1 unspecified atom stereocenters. The molecule has 0 saturated carbocycles. The number of nitrogens with one attached hydrogen (secondary N) is 1. The van der Waals surface area contributed by atoms with E-state index in [2.05, 4.69) is 5.32 Å². The third-order valence-electron chi connectivity index (χ3n) is 9.29. The molecule has 3 atom stereocenters. The van der Waals surface area contributed by atoms with Crippen LogP contribution in [0.15, 0.2) is 126 Å². The number of aliphatic imine (C=N–C) groups is 1. The van der Waals surface area contributed by atoms with E-state index in [0.29, 0.717) is 33.7 Å². The van der Waals surface area contributed by atoms with Crippen molar-refractivity contribution in [2.75, 3.05) is 13.7 Å². The zero-order valence-corrected chi connectivity index (χ0v) is 26.2. The van der Waals surface area contributed by atoms with Gasteiger partial charge < -0.3 is 16.8 Å². The maximum absolute atomic E-state index is 14.0. The lowest BCUT2D eigenvalue weighted by atomic mass is 9.77. The Morgan fingerprint density at radius 2 is 1.25 bits per heavy atom. The van der Waals surface area contributed by atoms with E-state index < -0.39 is 57.0 Å². The van der Waals surface area contributed by atoms with Gasteiger partial charge in [-0.05, 0) is 83.8 Å². The maximum atomic E-state index is 14.0. The number of amidine groups is 1. The highest BCUT2D eigenvalue weighted by molar-refractivity contribution is 6.05. The van der Waals surface area contributed by atoms with Crippen LogP contribution in [0.1, 0.15) is 29.2 Å². The summed E-state index contributed by atoms with van der Waals surface area (Å²) in [4.78, 5) is 24.4. The number of carbonyl (C=O) groups is 1. The van der Waals surface area contributed by atoms with Crippen LogP contribution < -0.4 is 16.8 Å². The number of amides is 1. The van der Waals surface area contributed by atoms with E-state index in [-0.39, 0.29) is 6.54 Å². The van der Waals surface area contributed by atoms with Crippen molar-refractivity contribution in [2.45, 2.75) is 30.1 Å². The summed E-state index contributed by atoms with van der Waals surface area (Å²) in [6.07, 6.45) is 4.52. The van der Waals surface area contributed by atoms with E-state index in [1.807, 2.05) is 6.92 Å². The molecule has 0 spiro atoms. The third-order valence-corrected chi connectivity index (χ3v) is 9.29. The number of rotatable bonds is 9. The van der Waals surface area contributed by atoms with Crippen molar-refractivity contribution in [3.63, 3.8) is 0 Å². The molecule has 0 radical (unpaired) electrons. The number of hydrogen-bond acceptors (Lipinski definition) is 6. The van der Waals surface area contributed by atoms with Crippen molar-refractivity contribution in [1.82, 2.24) is 5.32 Å². The average molecular weight is 657 g/mol. The van der Waals surface area contributed by atoms with Gasteiger partial charge in [-0.3, -0.25) is 4.99 Å². The molecule has 4 aromatic rings. The highest BCUT2D eigenvalue weighted by atomic mass is 19.1. The van der Waals surface area contributed by atoms with Gasteiger partial charge in [0.15, 0.2) is 0 Å². The van der Waals surface area contributed by atoms with Crippen LogP contribution in [0.3, 0.4) is 0 Å². The Labute approximate surface area is 275 Å². The molecule has 7 nitrogen and oxygen atoms in total. The molecule has 11 heteroatoms. The second kappa shape index (κ2) is 12.6. The Kier molecular flexibility index (Phi) is 8.65. The molecule has 1 amide bonds. The largest absolute Gasteiger partial charge is 0.375 e. The Hall–Kier alpha value is -4.94. The summed E-state index contributed by atoms with van der Waals surface area (Å²) >= 11 is 0. The highest BCUT2D eigenvalue weighted by Crippen LogP contribution is 2.40. The Balaban J connectivity index is 1.39. The normalized spacial score (nSPS) is 21.0. The van der Waals surface area contributed by atoms with Crippen molar-refractivity contribution in [2.24, 2.45) is 16.5 Å². The number of nitrogens with two attached hydrogens (primary N) is 2. The van der Waals surface area contributed by atoms with E-state index in [0.717, 1.165) is 0 Å². The van der Waals surface area contributed by atoms with Crippen LogP contribution in [0.4, 0.5) is 17.6 Å². The number of nitrogens with zero attached hydrogens (tertiary/aromatic N) is 2. The van der Waals surface area contributed by atoms with Crippen LogP contribution in [0, 0.1) is 23.3 Å². The van der Waals surface area contributed by atoms with Gasteiger partial charge in [0.05, 0.1) is 30.3 Å². The van der Waals surface area contributed by atoms with Crippen LogP contribution in [0.25, 0.3) is 0 Å². The fourth-order valence-corrected chi connectivity index (χ4v) is 6.58. The van der Waals surface area contributed by atoms with E-state index in [1.165, 1.54) is 86.0 Å². The van der Waals surface area contributed by atoms with Crippen LogP contribution in [-0.2, 0) is 20.7 Å². The molecule has 48 heavy (non-hydrogen) atoms. The highest BCUT2D eigenvalue weighted by Gasteiger charge is 2.50. The van der Waals surface area contributed by atoms with Gasteiger partial charge in [0, 0.05) is 6.08 Å². The first-order chi connectivity index (χ1) is 22.9. The molecule has 0 saturated heterocycles. The predicted molar refractivity (Wildman–Crippen MR) is 174 cm³/mol. The molecular weight excluding hydrogens is 622 g/mol. The number of benzene rings is 4. The summed E-state index contributed by atoms with van der Waals surface area (Å²) in [5, 5.41) is 3.50. The smallest absolute Gasteiger partial charge is 0.354 e. The summed E-state index contributed by atoms with van der Waals surface area (Å²) in [7, 11) is 1.36. The predicted octanol–water partition coefficient (Wildman–Crippen LogP) is 5.47. The lowest BCUT2D eigenvalue weighted by Crippen LogP contribution is -2.63. The molecule has 0 bridgehead atoms. The van der Waals surface area contributed by atoms with Gasteiger partial charge in [-0.2, -0.15) is 4.84 Å². The van der Waals surface area contributed by atoms with Crippen molar-refractivity contribution in [3.8, 4) is 0 Å². The zero-order chi connectivity index (χ0) is 34.3. The summed E-state index contributed by atoms with van der Waals surface area (Å²) < 4.78 is 55.2. The topological polar surface area (TPSA) is 103 Å². The minimum atomic E-state index is -1.50. The summed E-state index contributed by atoms with van der Waals surface area (Å²) in [6.45, 7) is 1.70. The molecular formula is C37H34F4N5O2+. The minimum absolute atomic E-state index is 0.182. The number of hydrogen-bond donors (Lipinski definition) is 3. The van der Waals surface area contributed by atoms with E-state index in [1.54, 1.807) is 36.5 Å². The molecule has 6 rings (SSSR count). The number of halogens is 4. The molecule has 2 aliphatic rings. The summed E-state index contributed by atoms with van der Waals surface area (Å²) in [6, 6.07) is 21.5. The van der Waals surface area contributed by atoms with Crippen molar-refractivity contribution < 1.29 is 31.8 Å². The summed E-state index contributed by atoms with van der Waals surface area (Å²) in [5.41, 5.74) is 14.2. The Bertz CT molecular complexity index is 1820. The van der Waals surface area contributed by atoms with Crippen LogP contribution in [0.2, 0.25) is 0 Å². The first-order valence-corrected chi connectivity index (χ1v) is 15.3. The van der Waals surface area contributed by atoms with E-state index >= 15 is 0 Å². The maximum Gasteiger partial charge on any atom is 0.375 e. The van der Waals surface area contributed by atoms with Gasteiger partial charge in [-0.15, -0.1) is 0 Å². The molecule has 0 fully saturated rings. The van der Waals surface area contributed by atoms with Gasteiger partial charge in [0.25, 0.3) is 0 Å². The van der Waals surface area contributed by atoms with Gasteiger partial charge in [0.1, 0.15) is 47.4 Å². The molecule has 0 aromatic heterocycles. The molecule has 0 aliphatic carbocycles. The first kappa shape index (κ1) is 33.0. The zero-order valence-electron chi connectivity index (χ0n) is 26.2. The summed E-state index contributed by atoms with van der Waals surface area (Å²) in [5.74, 6) is -1.82. The molecule has 5 N–H and O–H groups in total. The monoisotopic (exact) mass is 656 g/mol. The fraction of sp³-hybridized carbons (Fsp3) is 0.189. The standard InChI is InChI=1S/C37H34F4N5O2/c1-23-37(27-8-16-31(40)17-9-27,28-10-18-32(41)19-11-28)45-35(44-23)24-3-20-34(47)46(21-24,48-2)22-33(42)36(43,25-4-12-29(38)13-5-25)26-6-14-30(39)15-7-26/h3-21,23,33H,22,42-43H2,1-2H3,(H,44,45)/q+1/t23-,33-,46?/m0/s1. The minimum Gasteiger partial charge on any atom is -0.354 e. The molecule has 246 valence electrons. The lowest BCUT2D eigenvalue weighted by molar-refractivity contribution is -0.998. The van der Waals surface area contributed by atoms with E-state index in [9.17, 15) is 22.4 Å². The average Bonchev–Trinajstić information content (AvgIpc) is 3.44. The number of quaternary nitrogens is 1. The Morgan fingerprint density at radius 3 is 1.69 bits per heavy atom. The van der Waals surface area contributed by atoms with Gasteiger partial charge in [-0.1, -0.05) is 53.2 Å². The first-order valence-electron chi connectivity index (χ1n) is 15.3. The van der Waals surface area contributed by atoms with Crippen molar-refractivity contribution >= 4 is 11.7 Å². The third kappa shape index (κ3) is 5.64. The van der Waals surface area contributed by atoms with Crippen LogP contribution in [-0.4, -0.2) is 42.1 Å². The van der Waals surface area contributed by atoms with Gasteiger partial charge >= 0.3 is 5.91 Å². The quantitative estimate of drug-likeness (QED) is 0.164. The number of carbonyl (C=O) groups excluding carboxylic acids is 1. The SMILES string of the molecule is CO[N+]1(C[C@H](N)C(N)(c2ccc(F)cc2)c2ccc(F)cc2)C=C(C2=N[C@@H](C)C(c3ccc(F)cc3)(c3ccc(F)cc3)N2)C=CC1=O. The fourth-order valence-electron chi connectivity index (χ4n) is 6.58. The number of hydroxylamine groups is 3. The van der Waals surface area contributed by atoms with Crippen LogP contribution in [0.5, 0.6) is 0 Å². The van der Waals surface area contributed by atoms with Crippen molar-refractivity contribution in [1.29, 1.82) is 0 Å². The van der Waals surface area contributed by atoms with Gasteiger partial charge in [0.2, 0.25) is 0 Å². The molecule has 2 aliphatic heterocycles. The molecule has 2 heterocycles. The second-order valence-corrected chi connectivity index (χ2v) is 12.0. The second-order valence-electron chi connectivity index (χ2n) is 12.0. The van der Waals surface area contributed by atoms with Crippen molar-refractivity contribution in [3.05, 3.63) is 167 Å². The Morgan fingerprint density at radius 1 is 0.812 bits per heavy atom. The van der Waals surface area contributed by atoms with Crippen LogP contribution >= 0.6 is 0 Å². The van der Waals surface area contributed by atoms with Gasteiger partial charge in [-0.25, -0.2) is 22.4 Å².